The summed E-state index contributed by atoms with van der Waals surface area (Å²) in [5.41, 5.74) is 0.752. The van der Waals surface area contributed by atoms with Crippen molar-refractivity contribution >= 4 is 10.9 Å². The van der Waals surface area contributed by atoms with Gasteiger partial charge in [-0.3, -0.25) is 14.2 Å². The molecule has 4 nitrogen and oxygen atoms in total. The number of fused-ring (bicyclic) bond motifs is 1. The van der Waals surface area contributed by atoms with E-state index >= 15 is 0 Å². The number of hydrogen-bond acceptors (Lipinski definition) is 2. The summed E-state index contributed by atoms with van der Waals surface area (Å²) in [5.74, 6) is 0.182. The van der Waals surface area contributed by atoms with Crippen molar-refractivity contribution < 1.29 is 5.11 Å². The molecular formula is C10H12N2O2. The fourth-order valence-electron chi connectivity index (χ4n) is 1.73. The molecule has 0 radical (unpaired) electrons. The highest BCUT2D eigenvalue weighted by Crippen LogP contribution is 2.16. The van der Waals surface area contributed by atoms with Crippen LogP contribution in [0.4, 0.5) is 0 Å². The number of hydrogen-bond donors (Lipinski definition) is 1. The Hall–Kier alpha value is -1.71. The van der Waals surface area contributed by atoms with Gasteiger partial charge in [0.1, 0.15) is 5.75 Å². The van der Waals surface area contributed by atoms with Gasteiger partial charge < -0.3 is 5.11 Å². The number of rotatable bonds is 1. The molecule has 0 aliphatic carbocycles. The van der Waals surface area contributed by atoms with Gasteiger partial charge in [0.05, 0.1) is 10.9 Å². The van der Waals surface area contributed by atoms with E-state index in [4.69, 9.17) is 0 Å². The molecule has 1 N–H and O–H groups in total. The molecule has 1 aromatic heterocycles. The summed E-state index contributed by atoms with van der Waals surface area (Å²) in [5, 5.41) is 9.95. The van der Waals surface area contributed by atoms with Gasteiger partial charge >= 0.3 is 0 Å². The summed E-state index contributed by atoms with van der Waals surface area (Å²) in [6.45, 7) is 2.55. The van der Waals surface area contributed by atoms with E-state index in [2.05, 4.69) is 0 Å². The SMILES string of the molecule is CCn1c(=O)c2ccc(O)cc2n1C. The van der Waals surface area contributed by atoms with Crippen LogP contribution in [0.1, 0.15) is 6.92 Å². The van der Waals surface area contributed by atoms with Crippen LogP contribution in [0, 0.1) is 0 Å². The molecule has 14 heavy (non-hydrogen) atoms. The highest BCUT2D eigenvalue weighted by atomic mass is 16.3. The number of phenolic OH excluding ortho intramolecular Hbond substituents is 1. The average Bonchev–Trinajstić information content (AvgIpc) is 2.39. The Labute approximate surface area is 81.0 Å². The highest BCUT2D eigenvalue weighted by molar-refractivity contribution is 5.80. The van der Waals surface area contributed by atoms with Gasteiger partial charge in [-0.2, -0.15) is 0 Å². The van der Waals surface area contributed by atoms with Crippen molar-refractivity contribution in [3.8, 4) is 5.75 Å². The minimum atomic E-state index is -0.00926. The molecule has 0 aliphatic heterocycles. The van der Waals surface area contributed by atoms with Crippen molar-refractivity contribution in [2.45, 2.75) is 13.5 Å². The van der Waals surface area contributed by atoms with Crippen LogP contribution in [0.15, 0.2) is 23.0 Å². The number of aromatic hydroxyl groups is 1. The van der Waals surface area contributed by atoms with Gasteiger partial charge in [0.2, 0.25) is 0 Å². The zero-order chi connectivity index (χ0) is 10.3. The molecule has 4 heteroatoms. The van der Waals surface area contributed by atoms with E-state index in [1.54, 1.807) is 21.5 Å². The molecule has 0 spiro atoms. The second-order valence-corrected chi connectivity index (χ2v) is 3.25. The van der Waals surface area contributed by atoms with Crippen LogP contribution >= 0.6 is 0 Å². The molecule has 0 unspecified atom stereocenters. The summed E-state index contributed by atoms with van der Waals surface area (Å²) >= 11 is 0. The second kappa shape index (κ2) is 2.90. The first-order valence-corrected chi connectivity index (χ1v) is 4.53. The minimum absolute atomic E-state index is 0.00926. The summed E-state index contributed by atoms with van der Waals surface area (Å²) in [7, 11) is 1.81. The predicted molar refractivity (Wildman–Crippen MR) is 54.5 cm³/mol. The van der Waals surface area contributed by atoms with Crippen LogP contribution < -0.4 is 5.56 Å². The van der Waals surface area contributed by atoms with Gasteiger partial charge in [-0.15, -0.1) is 0 Å². The van der Waals surface area contributed by atoms with Crippen LogP contribution in [0.2, 0.25) is 0 Å². The van der Waals surface area contributed by atoms with Crippen LogP contribution in [0.5, 0.6) is 5.75 Å². The lowest BCUT2D eigenvalue weighted by Gasteiger charge is -2.02. The summed E-state index contributed by atoms with van der Waals surface area (Å²) in [6.07, 6.45) is 0. The first-order chi connectivity index (χ1) is 6.65. The fraction of sp³-hybridized carbons (Fsp3) is 0.300. The number of aromatic nitrogens is 2. The van der Waals surface area contributed by atoms with Gasteiger partial charge in [0.25, 0.3) is 5.56 Å². The van der Waals surface area contributed by atoms with Crippen LogP contribution in [-0.4, -0.2) is 14.5 Å². The first-order valence-electron chi connectivity index (χ1n) is 4.53. The van der Waals surface area contributed by atoms with Gasteiger partial charge in [0, 0.05) is 19.7 Å². The van der Waals surface area contributed by atoms with E-state index in [0.717, 1.165) is 5.52 Å². The Kier molecular flexibility index (Phi) is 1.84. The number of benzene rings is 1. The summed E-state index contributed by atoms with van der Waals surface area (Å²) < 4.78 is 3.39. The molecule has 2 rings (SSSR count). The third-order valence-corrected chi connectivity index (χ3v) is 2.46. The van der Waals surface area contributed by atoms with Crippen molar-refractivity contribution in [3.05, 3.63) is 28.6 Å². The number of nitrogens with zero attached hydrogens (tertiary/aromatic N) is 2. The lowest BCUT2D eigenvalue weighted by molar-refractivity contribution is 0.475. The van der Waals surface area contributed by atoms with E-state index in [-0.39, 0.29) is 11.3 Å². The smallest absolute Gasteiger partial charge is 0.274 e. The maximum Gasteiger partial charge on any atom is 0.274 e. The Balaban J connectivity index is 2.94. The lowest BCUT2D eigenvalue weighted by atomic mass is 10.2. The molecular weight excluding hydrogens is 180 g/mol. The van der Waals surface area contributed by atoms with Crippen LogP contribution in [0.3, 0.4) is 0 Å². The van der Waals surface area contributed by atoms with Crippen molar-refractivity contribution in [2.75, 3.05) is 0 Å². The van der Waals surface area contributed by atoms with Crippen LogP contribution in [0.25, 0.3) is 10.9 Å². The third kappa shape index (κ3) is 1.04. The Morgan fingerprint density at radius 1 is 1.43 bits per heavy atom. The largest absolute Gasteiger partial charge is 0.508 e. The van der Waals surface area contributed by atoms with E-state index in [9.17, 15) is 9.90 Å². The average molecular weight is 192 g/mol. The van der Waals surface area contributed by atoms with E-state index in [0.29, 0.717) is 11.9 Å². The molecule has 1 heterocycles. The number of phenols is 1. The maximum absolute atomic E-state index is 11.8. The third-order valence-electron chi connectivity index (χ3n) is 2.46. The molecule has 2 aromatic rings. The monoisotopic (exact) mass is 192 g/mol. The Morgan fingerprint density at radius 2 is 2.14 bits per heavy atom. The fourth-order valence-corrected chi connectivity index (χ4v) is 1.73. The van der Waals surface area contributed by atoms with Gasteiger partial charge in [-0.05, 0) is 19.1 Å². The molecule has 1 aromatic carbocycles. The normalized spacial score (nSPS) is 11.0. The van der Waals surface area contributed by atoms with Crippen LogP contribution in [-0.2, 0) is 13.6 Å². The van der Waals surface area contributed by atoms with Gasteiger partial charge in [-0.25, -0.2) is 0 Å². The van der Waals surface area contributed by atoms with Crippen molar-refractivity contribution in [3.63, 3.8) is 0 Å². The van der Waals surface area contributed by atoms with E-state index in [1.165, 1.54) is 6.07 Å². The first kappa shape index (κ1) is 8.87. The van der Waals surface area contributed by atoms with E-state index in [1.807, 2.05) is 14.0 Å². The standard InChI is InChI=1S/C10H12N2O2/c1-3-12-10(14)8-5-4-7(13)6-9(8)11(12)2/h4-6,13H,3H2,1-2H3. The highest BCUT2D eigenvalue weighted by Gasteiger charge is 2.08. The zero-order valence-corrected chi connectivity index (χ0v) is 8.19. The molecule has 0 saturated heterocycles. The van der Waals surface area contributed by atoms with E-state index < -0.39 is 0 Å². The summed E-state index contributed by atoms with van der Waals surface area (Å²) in [6, 6.07) is 4.78. The molecule has 0 aliphatic rings. The maximum atomic E-state index is 11.8. The summed E-state index contributed by atoms with van der Waals surface area (Å²) in [4.78, 5) is 11.8. The molecule has 0 amide bonds. The zero-order valence-electron chi connectivity index (χ0n) is 8.19. The van der Waals surface area contributed by atoms with Gasteiger partial charge in [0.15, 0.2) is 0 Å². The van der Waals surface area contributed by atoms with Crippen molar-refractivity contribution in [1.29, 1.82) is 0 Å². The van der Waals surface area contributed by atoms with Crippen molar-refractivity contribution in [1.82, 2.24) is 9.36 Å². The quantitative estimate of drug-likeness (QED) is 0.734. The minimum Gasteiger partial charge on any atom is -0.508 e. The topological polar surface area (TPSA) is 47.2 Å². The molecule has 0 bridgehead atoms. The molecule has 74 valence electrons. The van der Waals surface area contributed by atoms with Gasteiger partial charge in [-0.1, -0.05) is 0 Å². The molecule has 0 fully saturated rings. The Morgan fingerprint density at radius 3 is 2.79 bits per heavy atom. The Bertz CT molecular complexity index is 537. The second-order valence-electron chi connectivity index (χ2n) is 3.25. The molecule has 0 atom stereocenters. The number of aryl methyl sites for hydroxylation is 1. The van der Waals surface area contributed by atoms with Crippen molar-refractivity contribution in [2.24, 2.45) is 7.05 Å². The lowest BCUT2D eigenvalue weighted by Crippen LogP contribution is -2.19. The predicted octanol–water partition coefficient (Wildman–Crippen LogP) is 1.07. The molecule has 0 saturated carbocycles.